The Morgan fingerprint density at radius 1 is 1.75 bits per heavy atom. The summed E-state index contributed by atoms with van der Waals surface area (Å²) >= 11 is 0. The van der Waals surface area contributed by atoms with E-state index in [0.29, 0.717) is 0 Å². The van der Waals surface area contributed by atoms with E-state index in [-0.39, 0.29) is 0 Å². The molecule has 0 amide bonds. The van der Waals surface area contributed by atoms with Gasteiger partial charge in [-0.25, -0.2) is 0 Å². The van der Waals surface area contributed by atoms with E-state index in [1.165, 1.54) is 19.9 Å². The Kier molecular flexibility index (Phi) is 1.90. The van der Waals surface area contributed by atoms with Gasteiger partial charge in [-0.05, 0) is 13.8 Å². The maximum atomic E-state index is 11.8. The zero-order valence-corrected chi connectivity index (χ0v) is 5.07. The molecule has 2 heteroatoms. The molecule has 0 N–H and O–H groups in total. The third-order valence-electron chi connectivity index (χ3n) is 1.02. The molecule has 0 bridgehead atoms. The van der Waals surface area contributed by atoms with Crippen LogP contribution in [0.15, 0.2) is 12.7 Å². The number of rotatable bonds is 2. The summed E-state index contributed by atoms with van der Waals surface area (Å²) in [6.45, 7) is 6.24. The number of carbonyl (C=O) groups is 1. The van der Waals surface area contributed by atoms with Crippen molar-refractivity contribution in [3.8, 4) is 0 Å². The lowest BCUT2D eigenvalue weighted by Crippen LogP contribution is -2.15. The number of hydrogen-bond donors (Lipinski definition) is 0. The van der Waals surface area contributed by atoms with Gasteiger partial charge in [-0.2, -0.15) is 4.39 Å². The molecule has 0 rings (SSSR count). The smallest absolute Gasteiger partial charge is 0.260 e. The number of hydrogen-bond acceptors (Lipinski definition) is 1. The minimum atomic E-state index is -1.34. The van der Waals surface area contributed by atoms with Crippen molar-refractivity contribution in [1.29, 1.82) is 0 Å². The van der Waals surface area contributed by atoms with Crippen molar-refractivity contribution in [2.24, 2.45) is 5.41 Å². The second kappa shape index (κ2) is 2.07. The van der Waals surface area contributed by atoms with Crippen LogP contribution in [0, 0.1) is 5.41 Å². The molecule has 0 aliphatic rings. The van der Waals surface area contributed by atoms with Crippen molar-refractivity contribution in [2.45, 2.75) is 13.8 Å². The molecule has 0 fully saturated rings. The zero-order valence-electron chi connectivity index (χ0n) is 5.07. The van der Waals surface area contributed by atoms with Gasteiger partial charge in [0.2, 0.25) is 0 Å². The van der Waals surface area contributed by atoms with Crippen molar-refractivity contribution >= 4 is 6.04 Å². The molecule has 46 valence electrons. The Bertz CT molecular complexity index is 116. The molecular weight excluding hydrogens is 107 g/mol. The van der Waals surface area contributed by atoms with Gasteiger partial charge in [-0.3, -0.25) is 4.79 Å². The van der Waals surface area contributed by atoms with E-state index < -0.39 is 11.5 Å². The summed E-state index contributed by atoms with van der Waals surface area (Å²) in [5, 5.41) is 0. The van der Waals surface area contributed by atoms with Gasteiger partial charge in [0.1, 0.15) is 0 Å². The average molecular weight is 116 g/mol. The fourth-order valence-corrected chi connectivity index (χ4v) is 0.0802. The number of allylic oxidation sites excluding steroid dienone is 1. The molecule has 0 heterocycles. The van der Waals surface area contributed by atoms with E-state index in [4.69, 9.17) is 0 Å². The highest BCUT2D eigenvalue weighted by molar-refractivity contribution is 5.76. The van der Waals surface area contributed by atoms with Gasteiger partial charge in [-0.15, -0.1) is 6.58 Å². The Labute approximate surface area is 48.2 Å². The molecule has 0 aliphatic carbocycles. The van der Waals surface area contributed by atoms with Crippen molar-refractivity contribution in [3.05, 3.63) is 12.7 Å². The van der Waals surface area contributed by atoms with Gasteiger partial charge < -0.3 is 0 Å². The first kappa shape index (κ1) is 7.34. The topological polar surface area (TPSA) is 17.1 Å². The van der Waals surface area contributed by atoms with Gasteiger partial charge in [0.25, 0.3) is 0 Å². The van der Waals surface area contributed by atoms with Crippen LogP contribution in [-0.2, 0) is 4.79 Å². The minimum Gasteiger partial charge on any atom is -0.260 e. The summed E-state index contributed by atoms with van der Waals surface area (Å²) in [5.74, 6) is 0. The quantitative estimate of drug-likeness (QED) is 0.396. The first-order valence-corrected chi connectivity index (χ1v) is 2.34. The third-order valence-corrected chi connectivity index (χ3v) is 1.02. The molecule has 0 saturated carbocycles. The number of halogens is 1. The molecule has 0 aromatic heterocycles. The summed E-state index contributed by atoms with van der Waals surface area (Å²) in [6, 6.07) is -1.34. The fourth-order valence-electron chi connectivity index (χ4n) is 0.0802. The lowest BCUT2D eigenvalue weighted by molar-refractivity contribution is -0.135. The summed E-state index contributed by atoms with van der Waals surface area (Å²) < 4.78 is 11.8. The highest BCUT2D eigenvalue weighted by Gasteiger charge is 2.22. The van der Waals surface area contributed by atoms with Crippen molar-refractivity contribution < 1.29 is 9.18 Å². The van der Waals surface area contributed by atoms with Gasteiger partial charge in [0.05, 0.1) is 5.41 Å². The summed E-state index contributed by atoms with van der Waals surface area (Å²) in [4.78, 5) is 9.96. The first-order chi connectivity index (χ1) is 3.50. The molecule has 0 aromatic rings. The van der Waals surface area contributed by atoms with Gasteiger partial charge >= 0.3 is 6.04 Å². The van der Waals surface area contributed by atoms with E-state index in [1.54, 1.807) is 0 Å². The van der Waals surface area contributed by atoms with Crippen LogP contribution in [0.5, 0.6) is 0 Å². The molecule has 0 aromatic carbocycles. The fraction of sp³-hybridized carbons (Fsp3) is 0.500. The molecule has 0 radical (unpaired) electrons. The lowest BCUT2D eigenvalue weighted by atomic mass is 9.95. The minimum absolute atomic E-state index is 1.00. The second-order valence-electron chi connectivity index (χ2n) is 2.20. The molecule has 8 heavy (non-hydrogen) atoms. The standard InChI is InChI=1S/C6H9FO/c1-4-6(2,3)5(7)8/h4H,1H2,2-3H3. The van der Waals surface area contributed by atoms with E-state index >= 15 is 0 Å². The Morgan fingerprint density at radius 3 is 2.12 bits per heavy atom. The van der Waals surface area contributed by atoms with Crippen LogP contribution in [0.1, 0.15) is 13.8 Å². The summed E-state index contributed by atoms with van der Waals surface area (Å²) in [6.07, 6.45) is 1.29. The maximum absolute atomic E-state index is 11.8. The van der Waals surface area contributed by atoms with Gasteiger partial charge in [0.15, 0.2) is 0 Å². The Hall–Kier alpha value is -0.660. The molecule has 0 saturated heterocycles. The zero-order chi connectivity index (χ0) is 6.78. The summed E-state index contributed by atoms with van der Waals surface area (Å²) in [5.41, 5.74) is -1.00. The SMILES string of the molecule is C=CC(C)(C)C(=O)F. The van der Waals surface area contributed by atoms with E-state index in [9.17, 15) is 9.18 Å². The average Bonchev–Trinajstić information content (AvgIpc) is 1.67. The van der Waals surface area contributed by atoms with E-state index in [0.717, 1.165) is 0 Å². The third kappa shape index (κ3) is 1.45. The van der Waals surface area contributed by atoms with Crippen LogP contribution in [-0.4, -0.2) is 6.04 Å². The number of carbonyl (C=O) groups excluding carboxylic acids is 1. The molecule has 0 atom stereocenters. The predicted octanol–water partition coefficient (Wildman–Crippen LogP) is 1.69. The van der Waals surface area contributed by atoms with E-state index in [2.05, 4.69) is 6.58 Å². The van der Waals surface area contributed by atoms with Crippen molar-refractivity contribution in [2.75, 3.05) is 0 Å². The highest BCUT2D eigenvalue weighted by Crippen LogP contribution is 2.17. The van der Waals surface area contributed by atoms with Crippen LogP contribution >= 0.6 is 0 Å². The monoisotopic (exact) mass is 116 g/mol. The Morgan fingerprint density at radius 2 is 2.12 bits per heavy atom. The Balaban J connectivity index is 4.12. The predicted molar refractivity (Wildman–Crippen MR) is 30.1 cm³/mol. The largest absolute Gasteiger partial charge is 0.310 e. The van der Waals surface area contributed by atoms with Crippen LogP contribution in [0.2, 0.25) is 0 Å². The molecular formula is C6H9FO. The first-order valence-electron chi connectivity index (χ1n) is 2.34. The normalized spacial score (nSPS) is 10.9. The van der Waals surface area contributed by atoms with Crippen LogP contribution in [0.4, 0.5) is 4.39 Å². The lowest BCUT2D eigenvalue weighted by Gasteiger charge is -2.09. The second-order valence-corrected chi connectivity index (χ2v) is 2.20. The highest BCUT2D eigenvalue weighted by atomic mass is 19.1. The van der Waals surface area contributed by atoms with Crippen molar-refractivity contribution in [1.82, 2.24) is 0 Å². The van der Waals surface area contributed by atoms with Crippen LogP contribution in [0.25, 0.3) is 0 Å². The van der Waals surface area contributed by atoms with E-state index in [1.807, 2.05) is 0 Å². The van der Waals surface area contributed by atoms with Crippen molar-refractivity contribution in [3.63, 3.8) is 0 Å². The molecule has 0 spiro atoms. The van der Waals surface area contributed by atoms with Crippen LogP contribution in [0.3, 0.4) is 0 Å². The molecule has 0 aliphatic heterocycles. The van der Waals surface area contributed by atoms with Gasteiger partial charge in [-0.1, -0.05) is 6.08 Å². The maximum Gasteiger partial charge on any atom is 0.310 e. The molecule has 0 unspecified atom stereocenters. The summed E-state index contributed by atoms with van der Waals surface area (Å²) in [7, 11) is 0. The molecule has 1 nitrogen and oxygen atoms in total. The van der Waals surface area contributed by atoms with Gasteiger partial charge in [0, 0.05) is 0 Å². The van der Waals surface area contributed by atoms with Crippen LogP contribution < -0.4 is 0 Å².